The molecule has 0 spiro atoms. The third kappa shape index (κ3) is 3.40. The Bertz CT molecular complexity index is 583. The Balaban J connectivity index is 2.09. The highest BCUT2D eigenvalue weighted by atomic mass is 35.5. The van der Waals surface area contributed by atoms with Gasteiger partial charge in [0.05, 0.1) is 11.6 Å². The number of halogens is 2. The second-order valence-corrected chi connectivity index (χ2v) is 4.70. The summed E-state index contributed by atoms with van der Waals surface area (Å²) in [6, 6.07) is 14.9. The van der Waals surface area contributed by atoms with Gasteiger partial charge in [-0.15, -0.1) is 0 Å². The molecule has 0 amide bonds. The van der Waals surface area contributed by atoms with E-state index in [-0.39, 0.29) is 0 Å². The lowest BCUT2D eigenvalue weighted by atomic mass is 10.1. The molecule has 0 aliphatic heterocycles. The van der Waals surface area contributed by atoms with Crippen LogP contribution in [-0.2, 0) is 6.54 Å². The molecule has 1 N–H and O–H groups in total. The Morgan fingerprint density at radius 3 is 2.44 bits per heavy atom. The molecule has 90 valence electrons. The maximum atomic E-state index is 8.81. The van der Waals surface area contributed by atoms with Crippen LogP contribution < -0.4 is 5.32 Å². The van der Waals surface area contributed by atoms with Crippen molar-refractivity contribution in [3.63, 3.8) is 0 Å². The van der Waals surface area contributed by atoms with Crippen LogP contribution in [0.25, 0.3) is 0 Å². The molecule has 2 aromatic carbocycles. The SMILES string of the molecule is N#Cc1cccc(CNc2cc(Cl)cc(Cl)c2)c1. The summed E-state index contributed by atoms with van der Waals surface area (Å²) in [6.45, 7) is 0.617. The molecule has 0 aliphatic carbocycles. The van der Waals surface area contributed by atoms with Gasteiger partial charge in [0.2, 0.25) is 0 Å². The zero-order valence-electron chi connectivity index (χ0n) is 9.45. The first-order valence-electron chi connectivity index (χ1n) is 5.36. The van der Waals surface area contributed by atoms with Gasteiger partial charge in [0, 0.05) is 22.3 Å². The fraction of sp³-hybridized carbons (Fsp3) is 0.0714. The molecule has 0 saturated carbocycles. The molecule has 0 radical (unpaired) electrons. The van der Waals surface area contributed by atoms with Crippen molar-refractivity contribution in [1.82, 2.24) is 0 Å². The molecule has 2 aromatic rings. The van der Waals surface area contributed by atoms with Gasteiger partial charge in [0.25, 0.3) is 0 Å². The van der Waals surface area contributed by atoms with E-state index in [1.807, 2.05) is 30.3 Å². The Hall–Kier alpha value is -1.69. The summed E-state index contributed by atoms with van der Waals surface area (Å²) < 4.78 is 0. The number of hydrogen-bond donors (Lipinski definition) is 1. The van der Waals surface area contributed by atoms with Crippen molar-refractivity contribution in [2.75, 3.05) is 5.32 Å². The summed E-state index contributed by atoms with van der Waals surface area (Å²) in [5.74, 6) is 0. The van der Waals surface area contributed by atoms with E-state index in [0.717, 1.165) is 11.3 Å². The van der Waals surface area contributed by atoms with Gasteiger partial charge in [-0.1, -0.05) is 35.3 Å². The highest BCUT2D eigenvalue weighted by Gasteiger charge is 1.99. The Morgan fingerprint density at radius 1 is 1.06 bits per heavy atom. The molecule has 2 nitrogen and oxygen atoms in total. The van der Waals surface area contributed by atoms with Crippen molar-refractivity contribution in [3.05, 3.63) is 63.6 Å². The summed E-state index contributed by atoms with van der Waals surface area (Å²) >= 11 is 11.8. The Labute approximate surface area is 116 Å². The van der Waals surface area contributed by atoms with Crippen LogP contribution in [0.4, 0.5) is 5.69 Å². The van der Waals surface area contributed by atoms with Crippen molar-refractivity contribution in [2.24, 2.45) is 0 Å². The van der Waals surface area contributed by atoms with Gasteiger partial charge in [-0.2, -0.15) is 5.26 Å². The van der Waals surface area contributed by atoms with E-state index in [0.29, 0.717) is 22.2 Å². The first kappa shape index (κ1) is 12.8. The van der Waals surface area contributed by atoms with Crippen molar-refractivity contribution in [2.45, 2.75) is 6.54 Å². The van der Waals surface area contributed by atoms with Gasteiger partial charge in [0.15, 0.2) is 0 Å². The van der Waals surface area contributed by atoms with Gasteiger partial charge in [-0.25, -0.2) is 0 Å². The van der Waals surface area contributed by atoms with Crippen LogP contribution in [-0.4, -0.2) is 0 Å². The van der Waals surface area contributed by atoms with E-state index < -0.39 is 0 Å². The van der Waals surface area contributed by atoms with Crippen molar-refractivity contribution in [3.8, 4) is 6.07 Å². The van der Waals surface area contributed by atoms with E-state index >= 15 is 0 Å². The molecule has 0 fully saturated rings. The van der Waals surface area contributed by atoms with Crippen LogP contribution in [0.3, 0.4) is 0 Å². The summed E-state index contributed by atoms with van der Waals surface area (Å²) in [4.78, 5) is 0. The number of nitrogens with one attached hydrogen (secondary N) is 1. The van der Waals surface area contributed by atoms with Gasteiger partial charge in [0.1, 0.15) is 0 Å². The molecule has 4 heteroatoms. The normalized spacial score (nSPS) is 9.83. The number of hydrogen-bond acceptors (Lipinski definition) is 2. The topological polar surface area (TPSA) is 35.8 Å². The molecule has 0 aromatic heterocycles. The molecule has 0 saturated heterocycles. The van der Waals surface area contributed by atoms with Crippen LogP contribution in [0.5, 0.6) is 0 Å². The predicted octanol–water partition coefficient (Wildman–Crippen LogP) is 4.48. The van der Waals surface area contributed by atoms with Gasteiger partial charge >= 0.3 is 0 Å². The lowest BCUT2D eigenvalue weighted by Gasteiger charge is -2.07. The third-order valence-corrected chi connectivity index (χ3v) is 2.85. The number of nitrogens with zero attached hydrogens (tertiary/aromatic N) is 1. The molecule has 0 aliphatic rings. The van der Waals surface area contributed by atoms with E-state index in [1.54, 1.807) is 12.1 Å². The zero-order chi connectivity index (χ0) is 13.0. The largest absolute Gasteiger partial charge is 0.381 e. The second kappa shape index (κ2) is 5.77. The highest BCUT2D eigenvalue weighted by molar-refractivity contribution is 6.35. The van der Waals surface area contributed by atoms with E-state index in [1.165, 1.54) is 0 Å². The van der Waals surface area contributed by atoms with E-state index in [9.17, 15) is 0 Å². The van der Waals surface area contributed by atoms with Gasteiger partial charge < -0.3 is 5.32 Å². The maximum Gasteiger partial charge on any atom is 0.0991 e. The smallest absolute Gasteiger partial charge is 0.0991 e. The van der Waals surface area contributed by atoms with Gasteiger partial charge in [-0.05, 0) is 35.9 Å². The minimum Gasteiger partial charge on any atom is -0.381 e. The Morgan fingerprint density at radius 2 is 1.78 bits per heavy atom. The molecular weight excluding hydrogens is 267 g/mol. The van der Waals surface area contributed by atoms with Crippen molar-refractivity contribution < 1.29 is 0 Å². The number of anilines is 1. The van der Waals surface area contributed by atoms with Gasteiger partial charge in [-0.3, -0.25) is 0 Å². The van der Waals surface area contributed by atoms with Crippen LogP contribution in [0.2, 0.25) is 10.0 Å². The average Bonchev–Trinajstić information content (AvgIpc) is 2.35. The number of rotatable bonds is 3. The predicted molar refractivity (Wildman–Crippen MR) is 74.9 cm³/mol. The first-order valence-corrected chi connectivity index (χ1v) is 6.12. The summed E-state index contributed by atoms with van der Waals surface area (Å²) in [6.07, 6.45) is 0. The molecule has 2 rings (SSSR count). The highest BCUT2D eigenvalue weighted by Crippen LogP contribution is 2.22. The molecule has 0 atom stereocenters. The maximum absolute atomic E-state index is 8.81. The summed E-state index contributed by atoms with van der Waals surface area (Å²) in [7, 11) is 0. The minimum atomic E-state index is 0.593. The van der Waals surface area contributed by atoms with Crippen LogP contribution >= 0.6 is 23.2 Å². The van der Waals surface area contributed by atoms with Crippen LogP contribution in [0, 0.1) is 11.3 Å². The first-order chi connectivity index (χ1) is 8.67. The molecular formula is C14H10Cl2N2. The average molecular weight is 277 g/mol. The zero-order valence-corrected chi connectivity index (χ0v) is 11.0. The summed E-state index contributed by atoms with van der Waals surface area (Å²) in [5, 5.41) is 13.2. The fourth-order valence-corrected chi connectivity index (χ4v) is 2.14. The Kier molecular flexibility index (Phi) is 4.09. The monoisotopic (exact) mass is 276 g/mol. The number of nitriles is 1. The molecule has 0 unspecified atom stereocenters. The second-order valence-electron chi connectivity index (χ2n) is 3.82. The lowest BCUT2D eigenvalue weighted by Crippen LogP contribution is -1.99. The standard InChI is InChI=1S/C14H10Cl2N2/c15-12-5-13(16)7-14(6-12)18-9-11-3-1-2-10(4-11)8-17/h1-7,18H,9H2. The van der Waals surface area contributed by atoms with Crippen molar-refractivity contribution >= 4 is 28.9 Å². The molecule has 0 heterocycles. The quantitative estimate of drug-likeness (QED) is 0.898. The fourth-order valence-electron chi connectivity index (χ4n) is 1.61. The third-order valence-electron chi connectivity index (χ3n) is 2.42. The van der Waals surface area contributed by atoms with E-state index in [4.69, 9.17) is 28.5 Å². The lowest BCUT2D eigenvalue weighted by molar-refractivity contribution is 1.15. The number of benzene rings is 2. The van der Waals surface area contributed by atoms with E-state index in [2.05, 4.69) is 11.4 Å². The minimum absolute atomic E-state index is 0.593. The van der Waals surface area contributed by atoms with Crippen molar-refractivity contribution in [1.29, 1.82) is 5.26 Å². The molecule has 0 bridgehead atoms. The molecule has 18 heavy (non-hydrogen) atoms. The van der Waals surface area contributed by atoms with Crippen LogP contribution in [0.1, 0.15) is 11.1 Å². The summed E-state index contributed by atoms with van der Waals surface area (Å²) in [5.41, 5.74) is 2.54. The van der Waals surface area contributed by atoms with Crippen LogP contribution in [0.15, 0.2) is 42.5 Å².